The van der Waals surface area contributed by atoms with Crippen LogP contribution in [0.25, 0.3) is 0 Å². The van der Waals surface area contributed by atoms with Gasteiger partial charge in [0, 0.05) is 23.7 Å². The zero-order valence-electron chi connectivity index (χ0n) is 14.0. The molecule has 7 heteroatoms. The van der Waals surface area contributed by atoms with Crippen LogP contribution in [0.5, 0.6) is 0 Å². The second kappa shape index (κ2) is 8.99. The summed E-state index contributed by atoms with van der Waals surface area (Å²) in [6.45, 7) is 3.76. The Morgan fingerprint density at radius 1 is 1.29 bits per heavy atom. The fourth-order valence-electron chi connectivity index (χ4n) is 2.88. The average Bonchev–Trinajstić information content (AvgIpc) is 2.93. The molecule has 0 aromatic heterocycles. The second-order valence-corrected chi connectivity index (χ2v) is 6.39. The van der Waals surface area contributed by atoms with E-state index in [4.69, 9.17) is 5.73 Å². The largest absolute Gasteiger partial charge is 0.331 e. The van der Waals surface area contributed by atoms with E-state index < -0.39 is 0 Å². The van der Waals surface area contributed by atoms with E-state index >= 15 is 0 Å². The normalized spacial score (nSPS) is 19.7. The standard InChI is InChI=1S/C17H24FN3O2.ClH/c1-11(2)21(17(23)12-3-6-14(19)9-12)10-16(22)20-15-7-4-13(18)5-8-15;/h4-5,7-8,11-12,14H,3,6,9-10,19H2,1-2H3,(H,20,22);1H. The van der Waals surface area contributed by atoms with Gasteiger partial charge in [0.25, 0.3) is 0 Å². The summed E-state index contributed by atoms with van der Waals surface area (Å²) < 4.78 is 12.9. The molecule has 0 saturated heterocycles. The predicted molar refractivity (Wildman–Crippen MR) is 94.4 cm³/mol. The Morgan fingerprint density at radius 3 is 2.42 bits per heavy atom. The first-order valence-electron chi connectivity index (χ1n) is 7.98. The van der Waals surface area contributed by atoms with Gasteiger partial charge in [0.05, 0.1) is 0 Å². The summed E-state index contributed by atoms with van der Waals surface area (Å²) >= 11 is 0. The fourth-order valence-corrected chi connectivity index (χ4v) is 2.88. The van der Waals surface area contributed by atoms with Crippen LogP contribution in [-0.4, -0.2) is 35.3 Å². The van der Waals surface area contributed by atoms with Crippen molar-refractivity contribution in [3.05, 3.63) is 30.1 Å². The summed E-state index contributed by atoms with van der Waals surface area (Å²) in [5.74, 6) is -0.756. The zero-order valence-corrected chi connectivity index (χ0v) is 14.8. The smallest absolute Gasteiger partial charge is 0.244 e. The molecule has 1 fully saturated rings. The number of carbonyl (C=O) groups is 2. The molecule has 24 heavy (non-hydrogen) atoms. The maximum Gasteiger partial charge on any atom is 0.244 e. The van der Waals surface area contributed by atoms with Gasteiger partial charge >= 0.3 is 0 Å². The number of benzene rings is 1. The molecule has 3 N–H and O–H groups in total. The van der Waals surface area contributed by atoms with E-state index in [0.717, 1.165) is 12.8 Å². The molecule has 2 unspecified atom stereocenters. The molecule has 134 valence electrons. The van der Waals surface area contributed by atoms with Crippen LogP contribution in [0.15, 0.2) is 24.3 Å². The Balaban J connectivity index is 0.00000288. The van der Waals surface area contributed by atoms with Gasteiger partial charge in [0.15, 0.2) is 0 Å². The summed E-state index contributed by atoms with van der Waals surface area (Å²) in [6.07, 6.45) is 2.31. The monoisotopic (exact) mass is 357 g/mol. The third-order valence-electron chi connectivity index (χ3n) is 4.17. The number of rotatable bonds is 5. The van der Waals surface area contributed by atoms with Gasteiger partial charge in [-0.3, -0.25) is 9.59 Å². The summed E-state index contributed by atoms with van der Waals surface area (Å²) in [6, 6.07) is 5.54. The topological polar surface area (TPSA) is 75.4 Å². The van der Waals surface area contributed by atoms with Crippen LogP contribution in [-0.2, 0) is 9.59 Å². The second-order valence-electron chi connectivity index (χ2n) is 6.39. The molecule has 1 aromatic rings. The first-order chi connectivity index (χ1) is 10.9. The minimum atomic E-state index is -0.362. The number of nitrogens with zero attached hydrogens (tertiary/aromatic N) is 1. The van der Waals surface area contributed by atoms with E-state index in [2.05, 4.69) is 5.32 Å². The Morgan fingerprint density at radius 2 is 1.92 bits per heavy atom. The summed E-state index contributed by atoms with van der Waals surface area (Å²) in [7, 11) is 0. The fraction of sp³-hybridized carbons (Fsp3) is 0.529. The molecule has 0 bridgehead atoms. The molecule has 1 saturated carbocycles. The molecule has 0 spiro atoms. The van der Waals surface area contributed by atoms with Crippen molar-refractivity contribution < 1.29 is 14.0 Å². The molecule has 1 aliphatic rings. The van der Waals surface area contributed by atoms with Crippen LogP contribution in [0.2, 0.25) is 0 Å². The van der Waals surface area contributed by atoms with Gasteiger partial charge in [0.2, 0.25) is 11.8 Å². The van der Waals surface area contributed by atoms with Gasteiger partial charge in [-0.25, -0.2) is 4.39 Å². The van der Waals surface area contributed by atoms with Crippen molar-refractivity contribution >= 4 is 29.9 Å². The third-order valence-corrected chi connectivity index (χ3v) is 4.17. The molecule has 2 rings (SSSR count). The van der Waals surface area contributed by atoms with E-state index in [9.17, 15) is 14.0 Å². The Hall–Kier alpha value is -1.66. The number of hydrogen-bond donors (Lipinski definition) is 2. The van der Waals surface area contributed by atoms with E-state index in [1.807, 2.05) is 13.8 Å². The molecule has 5 nitrogen and oxygen atoms in total. The Bertz CT molecular complexity index is 565. The quantitative estimate of drug-likeness (QED) is 0.850. The van der Waals surface area contributed by atoms with Crippen LogP contribution < -0.4 is 11.1 Å². The van der Waals surface area contributed by atoms with Crippen molar-refractivity contribution in [3.8, 4) is 0 Å². The molecular formula is C17H25ClFN3O2. The molecule has 1 aromatic carbocycles. The summed E-state index contributed by atoms with van der Waals surface area (Å²) in [5.41, 5.74) is 6.38. The number of amides is 2. The van der Waals surface area contributed by atoms with E-state index in [1.165, 1.54) is 24.3 Å². The van der Waals surface area contributed by atoms with Gasteiger partial charge in [-0.1, -0.05) is 0 Å². The lowest BCUT2D eigenvalue weighted by atomic mass is 10.1. The third kappa shape index (κ3) is 5.46. The highest BCUT2D eigenvalue weighted by atomic mass is 35.5. The van der Waals surface area contributed by atoms with Crippen molar-refractivity contribution in [3.63, 3.8) is 0 Å². The van der Waals surface area contributed by atoms with Gasteiger partial charge in [0.1, 0.15) is 12.4 Å². The molecule has 2 atom stereocenters. The van der Waals surface area contributed by atoms with Crippen molar-refractivity contribution in [2.24, 2.45) is 11.7 Å². The molecule has 0 aliphatic heterocycles. The van der Waals surface area contributed by atoms with E-state index in [1.54, 1.807) is 4.90 Å². The van der Waals surface area contributed by atoms with Gasteiger partial charge in [-0.05, 0) is 57.4 Å². The van der Waals surface area contributed by atoms with Crippen LogP contribution in [0, 0.1) is 11.7 Å². The van der Waals surface area contributed by atoms with Crippen LogP contribution in [0.4, 0.5) is 10.1 Å². The maximum absolute atomic E-state index is 12.9. The number of halogens is 2. The lowest BCUT2D eigenvalue weighted by Gasteiger charge is -2.28. The van der Waals surface area contributed by atoms with E-state index in [0.29, 0.717) is 12.1 Å². The number of anilines is 1. The lowest BCUT2D eigenvalue weighted by molar-refractivity contribution is -0.140. The van der Waals surface area contributed by atoms with Gasteiger partial charge < -0.3 is 16.0 Å². The highest BCUT2D eigenvalue weighted by molar-refractivity contribution is 5.95. The molecule has 0 radical (unpaired) electrons. The lowest BCUT2D eigenvalue weighted by Crippen LogP contribution is -2.45. The molecule has 1 aliphatic carbocycles. The molecule has 2 amide bonds. The predicted octanol–water partition coefficient (Wildman–Crippen LogP) is 2.55. The summed E-state index contributed by atoms with van der Waals surface area (Å²) in [5, 5.41) is 2.68. The van der Waals surface area contributed by atoms with Crippen LogP contribution in [0.3, 0.4) is 0 Å². The Labute approximate surface area is 148 Å². The molecular weight excluding hydrogens is 333 g/mol. The van der Waals surface area contributed by atoms with Gasteiger partial charge in [-0.2, -0.15) is 0 Å². The number of hydrogen-bond acceptors (Lipinski definition) is 3. The van der Waals surface area contributed by atoms with Gasteiger partial charge in [-0.15, -0.1) is 12.4 Å². The average molecular weight is 358 g/mol. The first-order valence-corrected chi connectivity index (χ1v) is 7.98. The number of nitrogens with one attached hydrogen (secondary N) is 1. The van der Waals surface area contributed by atoms with Crippen LogP contribution in [0.1, 0.15) is 33.1 Å². The highest BCUT2D eigenvalue weighted by Gasteiger charge is 2.32. The SMILES string of the molecule is CC(C)N(CC(=O)Nc1ccc(F)cc1)C(=O)C1CCC(N)C1.Cl. The number of nitrogens with two attached hydrogens (primary N) is 1. The minimum Gasteiger partial charge on any atom is -0.331 e. The van der Waals surface area contributed by atoms with Crippen LogP contribution >= 0.6 is 12.4 Å². The van der Waals surface area contributed by atoms with E-state index in [-0.39, 0.29) is 54.6 Å². The van der Waals surface area contributed by atoms with Crippen molar-refractivity contribution in [2.45, 2.75) is 45.2 Å². The highest BCUT2D eigenvalue weighted by Crippen LogP contribution is 2.26. The zero-order chi connectivity index (χ0) is 17.0. The minimum absolute atomic E-state index is 0. The summed E-state index contributed by atoms with van der Waals surface area (Å²) in [4.78, 5) is 26.4. The Kier molecular flexibility index (Phi) is 7.63. The van der Waals surface area contributed by atoms with Crippen molar-refractivity contribution in [1.29, 1.82) is 0 Å². The van der Waals surface area contributed by atoms with Crippen molar-refractivity contribution in [2.75, 3.05) is 11.9 Å². The maximum atomic E-state index is 12.9. The molecule has 0 heterocycles. The van der Waals surface area contributed by atoms with Crippen molar-refractivity contribution in [1.82, 2.24) is 4.90 Å². The first kappa shape index (κ1) is 20.4. The number of carbonyl (C=O) groups excluding carboxylic acids is 2.